The van der Waals surface area contributed by atoms with Crippen LogP contribution >= 0.6 is 23.5 Å². The number of carbonyl (C=O) groups excluding carboxylic acids is 1. The first-order chi connectivity index (χ1) is 17.9. The maximum atomic E-state index is 13.6. The standard InChI is InChI=1S/C29H29N5OS2/c1-18-10-11-22(19(2)16-18)17-37-29-32-28-30-20(3)25(27(35)31-23-8-6-5-7-9-23)26(34(28)33-29)21-12-14-24(36-4)15-13-21/h5-16,26H,17H2,1-4H3,(H,31,35)(H,30,32,33)/t26-/m1/s1. The molecule has 6 nitrogen and oxygen atoms in total. The highest BCUT2D eigenvalue weighted by Crippen LogP contribution is 2.37. The minimum atomic E-state index is -0.404. The zero-order valence-corrected chi connectivity index (χ0v) is 22.9. The summed E-state index contributed by atoms with van der Waals surface area (Å²) >= 11 is 3.29. The second-order valence-electron chi connectivity index (χ2n) is 9.04. The van der Waals surface area contributed by atoms with Gasteiger partial charge in [0.1, 0.15) is 6.04 Å². The third-order valence-electron chi connectivity index (χ3n) is 6.40. The normalized spacial score (nSPS) is 14.8. The third-order valence-corrected chi connectivity index (χ3v) is 8.03. The second kappa shape index (κ2) is 10.9. The van der Waals surface area contributed by atoms with Gasteiger partial charge in [0, 0.05) is 22.0 Å². The van der Waals surface area contributed by atoms with Gasteiger partial charge in [0.25, 0.3) is 5.91 Å². The van der Waals surface area contributed by atoms with E-state index in [9.17, 15) is 4.79 Å². The van der Waals surface area contributed by atoms with Crippen LogP contribution in [0.15, 0.2) is 94.1 Å². The largest absolute Gasteiger partial charge is 0.328 e. The van der Waals surface area contributed by atoms with Crippen molar-refractivity contribution in [3.05, 3.63) is 106 Å². The van der Waals surface area contributed by atoms with E-state index >= 15 is 0 Å². The molecule has 37 heavy (non-hydrogen) atoms. The lowest BCUT2D eigenvalue weighted by Gasteiger charge is -2.28. The first kappa shape index (κ1) is 25.2. The molecule has 1 amide bonds. The Labute approximate surface area is 226 Å². The Bertz CT molecular complexity index is 1460. The van der Waals surface area contributed by atoms with Gasteiger partial charge in [-0.15, -0.1) is 16.9 Å². The zero-order valence-electron chi connectivity index (χ0n) is 21.3. The van der Waals surface area contributed by atoms with E-state index < -0.39 is 6.04 Å². The molecule has 1 aromatic heterocycles. The summed E-state index contributed by atoms with van der Waals surface area (Å²) in [7, 11) is 0. The van der Waals surface area contributed by atoms with Gasteiger partial charge in [-0.3, -0.25) is 4.79 Å². The summed E-state index contributed by atoms with van der Waals surface area (Å²) in [5.41, 5.74) is 6.88. The molecule has 0 spiro atoms. The Morgan fingerprint density at radius 3 is 2.49 bits per heavy atom. The molecule has 1 aliphatic heterocycles. The lowest BCUT2D eigenvalue weighted by Crippen LogP contribution is -2.31. The molecule has 3 aromatic carbocycles. The zero-order chi connectivity index (χ0) is 25.9. The van der Waals surface area contributed by atoms with Gasteiger partial charge in [-0.05, 0) is 68.0 Å². The molecule has 0 aliphatic carbocycles. The summed E-state index contributed by atoms with van der Waals surface area (Å²) in [5.74, 6) is 1.24. The number of aryl methyl sites for hydroxylation is 2. The number of thioether (sulfide) groups is 2. The number of amides is 1. The van der Waals surface area contributed by atoms with E-state index in [2.05, 4.69) is 73.2 Å². The van der Waals surface area contributed by atoms with Gasteiger partial charge < -0.3 is 10.6 Å². The Morgan fingerprint density at radius 1 is 1.03 bits per heavy atom. The van der Waals surface area contributed by atoms with Crippen LogP contribution in [0.1, 0.15) is 35.2 Å². The first-order valence-electron chi connectivity index (χ1n) is 12.1. The number of rotatable bonds is 7. The van der Waals surface area contributed by atoms with Crippen molar-refractivity contribution in [2.45, 2.75) is 42.6 Å². The highest BCUT2D eigenvalue weighted by atomic mass is 32.2. The van der Waals surface area contributed by atoms with E-state index in [4.69, 9.17) is 10.1 Å². The molecular weight excluding hydrogens is 498 g/mol. The molecule has 8 heteroatoms. The fraction of sp³-hybridized carbons (Fsp3) is 0.207. The fourth-order valence-corrected chi connectivity index (χ4v) is 5.76. The molecule has 0 saturated heterocycles. The second-order valence-corrected chi connectivity index (χ2v) is 10.9. The van der Waals surface area contributed by atoms with Gasteiger partial charge in [0.15, 0.2) is 0 Å². The minimum Gasteiger partial charge on any atom is -0.328 e. The van der Waals surface area contributed by atoms with Crippen molar-refractivity contribution in [3.8, 4) is 0 Å². The molecule has 2 heterocycles. The molecule has 1 atom stereocenters. The Hall–Kier alpha value is -3.49. The predicted molar refractivity (Wildman–Crippen MR) is 153 cm³/mol. The van der Waals surface area contributed by atoms with Crippen molar-refractivity contribution in [1.29, 1.82) is 0 Å². The summed E-state index contributed by atoms with van der Waals surface area (Å²) in [6.45, 7) is 6.16. The van der Waals surface area contributed by atoms with Gasteiger partial charge in [0.05, 0.1) is 5.57 Å². The van der Waals surface area contributed by atoms with Crippen LogP contribution in [0, 0.1) is 13.8 Å². The molecule has 0 unspecified atom stereocenters. The molecule has 0 fully saturated rings. The number of hydrogen-bond donors (Lipinski definition) is 2. The van der Waals surface area contributed by atoms with Crippen LogP contribution in [0.2, 0.25) is 0 Å². The Kier molecular flexibility index (Phi) is 7.39. The van der Waals surface area contributed by atoms with Crippen LogP contribution in [0.5, 0.6) is 0 Å². The number of para-hydroxylation sites is 1. The number of allylic oxidation sites excluding steroid dienone is 1. The van der Waals surface area contributed by atoms with E-state index in [0.717, 1.165) is 27.6 Å². The molecule has 188 valence electrons. The smallest absolute Gasteiger partial charge is 0.255 e. The van der Waals surface area contributed by atoms with Crippen molar-refractivity contribution in [2.75, 3.05) is 16.9 Å². The molecule has 5 rings (SSSR count). The van der Waals surface area contributed by atoms with Gasteiger partial charge in [-0.1, -0.05) is 65.9 Å². The molecule has 0 radical (unpaired) electrons. The fourth-order valence-electron chi connectivity index (χ4n) is 4.45. The van der Waals surface area contributed by atoms with Crippen molar-refractivity contribution >= 4 is 41.1 Å². The van der Waals surface area contributed by atoms with Gasteiger partial charge >= 0.3 is 0 Å². The lowest BCUT2D eigenvalue weighted by atomic mass is 9.95. The number of nitrogens with zero attached hydrogens (tertiary/aromatic N) is 3. The molecule has 0 saturated carbocycles. The maximum absolute atomic E-state index is 13.6. The van der Waals surface area contributed by atoms with Gasteiger partial charge in [-0.2, -0.15) is 4.98 Å². The molecular formula is C29H29N5OS2. The van der Waals surface area contributed by atoms with Crippen molar-refractivity contribution in [1.82, 2.24) is 14.8 Å². The maximum Gasteiger partial charge on any atom is 0.255 e. The van der Waals surface area contributed by atoms with Crippen molar-refractivity contribution < 1.29 is 4.79 Å². The summed E-state index contributed by atoms with van der Waals surface area (Å²) in [6.07, 6.45) is 2.05. The number of aromatic nitrogens is 3. The van der Waals surface area contributed by atoms with E-state index in [-0.39, 0.29) is 5.91 Å². The Balaban J connectivity index is 1.48. The molecule has 2 N–H and O–H groups in total. The monoisotopic (exact) mass is 527 g/mol. The van der Waals surface area contributed by atoms with Crippen LogP contribution < -0.4 is 10.6 Å². The quantitative estimate of drug-likeness (QED) is 0.257. The van der Waals surface area contributed by atoms with Crippen molar-refractivity contribution in [2.24, 2.45) is 0 Å². The van der Waals surface area contributed by atoms with E-state index in [1.54, 1.807) is 23.5 Å². The highest BCUT2D eigenvalue weighted by molar-refractivity contribution is 7.98. The van der Waals surface area contributed by atoms with Gasteiger partial charge in [0.2, 0.25) is 11.1 Å². The van der Waals surface area contributed by atoms with Crippen LogP contribution in [0.3, 0.4) is 0 Å². The number of benzene rings is 3. The number of carbonyl (C=O) groups is 1. The van der Waals surface area contributed by atoms with Crippen LogP contribution in [0.4, 0.5) is 11.6 Å². The number of anilines is 2. The van der Waals surface area contributed by atoms with Crippen LogP contribution in [0.25, 0.3) is 0 Å². The third kappa shape index (κ3) is 5.45. The summed E-state index contributed by atoms with van der Waals surface area (Å²) in [5, 5.41) is 11.9. The minimum absolute atomic E-state index is 0.166. The first-order valence-corrected chi connectivity index (χ1v) is 14.3. The highest BCUT2D eigenvalue weighted by Gasteiger charge is 2.34. The predicted octanol–water partition coefficient (Wildman–Crippen LogP) is 6.84. The number of fused-ring (bicyclic) bond motifs is 1. The van der Waals surface area contributed by atoms with Crippen molar-refractivity contribution in [3.63, 3.8) is 0 Å². The lowest BCUT2D eigenvalue weighted by molar-refractivity contribution is -0.113. The van der Waals surface area contributed by atoms with Crippen LogP contribution in [-0.4, -0.2) is 26.9 Å². The van der Waals surface area contributed by atoms with E-state index in [1.807, 2.05) is 41.9 Å². The van der Waals surface area contributed by atoms with E-state index in [1.165, 1.54) is 16.7 Å². The topological polar surface area (TPSA) is 71.8 Å². The number of hydrogen-bond acceptors (Lipinski definition) is 6. The average Bonchev–Trinajstić information content (AvgIpc) is 3.30. The Morgan fingerprint density at radius 2 is 1.78 bits per heavy atom. The summed E-state index contributed by atoms with van der Waals surface area (Å²) in [4.78, 5) is 19.5. The summed E-state index contributed by atoms with van der Waals surface area (Å²) < 4.78 is 1.84. The van der Waals surface area contributed by atoms with Gasteiger partial charge in [-0.25, -0.2) is 4.68 Å². The number of nitrogens with one attached hydrogen (secondary N) is 2. The summed E-state index contributed by atoms with van der Waals surface area (Å²) in [6, 6.07) is 23.9. The molecule has 0 bridgehead atoms. The van der Waals surface area contributed by atoms with Crippen LogP contribution in [-0.2, 0) is 10.5 Å². The SMILES string of the molecule is CSc1ccc([C@@H]2C(C(=O)Nc3ccccc3)=C(C)Nc3nc(SCc4ccc(C)cc4C)nn32)cc1. The molecule has 1 aliphatic rings. The molecule has 4 aromatic rings. The van der Waals surface area contributed by atoms with E-state index in [0.29, 0.717) is 16.7 Å². The average molecular weight is 528 g/mol.